The Kier molecular flexibility index (Phi) is 5.27. The number of nitrogens with zero attached hydrogens (tertiary/aromatic N) is 2. The van der Waals surface area contributed by atoms with E-state index < -0.39 is 6.10 Å². The van der Waals surface area contributed by atoms with Gasteiger partial charge >= 0.3 is 0 Å². The maximum atomic E-state index is 12.5. The van der Waals surface area contributed by atoms with Crippen LogP contribution in [0, 0.1) is 6.92 Å². The predicted molar refractivity (Wildman–Crippen MR) is 98.7 cm³/mol. The first-order valence-electron chi connectivity index (χ1n) is 7.66. The van der Waals surface area contributed by atoms with Crippen molar-refractivity contribution in [3.05, 3.63) is 68.7 Å². The minimum absolute atomic E-state index is 0.0142. The van der Waals surface area contributed by atoms with E-state index >= 15 is 0 Å². The number of aryl methyl sites for hydroxylation is 1. The Morgan fingerprint density at radius 1 is 1.24 bits per heavy atom. The second-order valence-electron chi connectivity index (χ2n) is 5.76. The van der Waals surface area contributed by atoms with Gasteiger partial charge in [-0.25, -0.2) is 4.98 Å². The number of halogens is 2. The van der Waals surface area contributed by atoms with E-state index in [9.17, 15) is 9.90 Å². The first-order valence-corrected chi connectivity index (χ1v) is 8.41. The molecule has 0 saturated heterocycles. The lowest BCUT2D eigenvalue weighted by Gasteiger charge is -2.15. The maximum Gasteiger partial charge on any atom is 0.261 e. The topological polar surface area (TPSA) is 64.3 Å². The van der Waals surface area contributed by atoms with Gasteiger partial charge in [0, 0.05) is 5.02 Å². The minimum atomic E-state index is -0.895. The number of aliphatic hydroxyl groups is 1. The van der Waals surface area contributed by atoms with Crippen molar-refractivity contribution < 1.29 is 9.84 Å². The van der Waals surface area contributed by atoms with Gasteiger partial charge in [0.25, 0.3) is 5.56 Å². The zero-order chi connectivity index (χ0) is 18.0. The van der Waals surface area contributed by atoms with Crippen LogP contribution in [0.1, 0.15) is 5.56 Å². The first kappa shape index (κ1) is 17.7. The van der Waals surface area contributed by atoms with Crippen LogP contribution in [0.15, 0.2) is 47.5 Å². The molecule has 3 rings (SSSR count). The smallest absolute Gasteiger partial charge is 0.261 e. The highest BCUT2D eigenvalue weighted by Gasteiger charge is 2.11. The number of ether oxygens (including phenoxy) is 1. The van der Waals surface area contributed by atoms with Crippen LogP contribution in [-0.2, 0) is 6.54 Å². The van der Waals surface area contributed by atoms with E-state index in [0.717, 1.165) is 5.56 Å². The van der Waals surface area contributed by atoms with Gasteiger partial charge in [0.2, 0.25) is 0 Å². The monoisotopic (exact) mass is 378 g/mol. The van der Waals surface area contributed by atoms with Gasteiger partial charge < -0.3 is 9.84 Å². The summed E-state index contributed by atoms with van der Waals surface area (Å²) < 4.78 is 6.87. The third kappa shape index (κ3) is 4.12. The van der Waals surface area contributed by atoms with Crippen LogP contribution >= 0.6 is 23.2 Å². The predicted octanol–water partition coefficient (Wildman–Crippen LogP) is 3.45. The summed E-state index contributed by atoms with van der Waals surface area (Å²) in [7, 11) is 0. The number of hydrogen-bond donors (Lipinski definition) is 1. The van der Waals surface area contributed by atoms with Crippen LogP contribution in [0.5, 0.6) is 5.75 Å². The number of rotatable bonds is 5. The molecule has 0 fully saturated rings. The lowest BCUT2D eigenvalue weighted by Crippen LogP contribution is -2.30. The van der Waals surface area contributed by atoms with E-state index in [4.69, 9.17) is 27.9 Å². The minimum Gasteiger partial charge on any atom is -0.489 e. The first-order chi connectivity index (χ1) is 11.9. The molecule has 25 heavy (non-hydrogen) atoms. The van der Waals surface area contributed by atoms with Crippen molar-refractivity contribution in [2.75, 3.05) is 6.61 Å². The van der Waals surface area contributed by atoms with Crippen molar-refractivity contribution in [2.45, 2.75) is 19.6 Å². The third-order valence-electron chi connectivity index (χ3n) is 3.71. The Balaban J connectivity index is 1.72. The molecule has 1 N–H and O–H groups in total. The second-order valence-corrected chi connectivity index (χ2v) is 6.61. The molecule has 0 aliphatic carbocycles. The Bertz CT molecular complexity index is 972. The summed E-state index contributed by atoms with van der Waals surface area (Å²) in [6.45, 7) is 1.97. The second kappa shape index (κ2) is 7.44. The molecule has 0 aliphatic rings. The van der Waals surface area contributed by atoms with Crippen molar-refractivity contribution in [3.63, 3.8) is 0 Å². The molecule has 5 nitrogen and oxygen atoms in total. The highest BCUT2D eigenvalue weighted by Crippen LogP contribution is 2.27. The highest BCUT2D eigenvalue weighted by molar-refractivity contribution is 6.35. The maximum absolute atomic E-state index is 12.5. The molecule has 0 spiro atoms. The van der Waals surface area contributed by atoms with Crippen molar-refractivity contribution in [1.29, 1.82) is 0 Å². The summed E-state index contributed by atoms with van der Waals surface area (Å²) in [5.41, 5.74) is 1.41. The number of hydrogen-bond acceptors (Lipinski definition) is 4. The molecule has 0 amide bonds. The Morgan fingerprint density at radius 3 is 2.80 bits per heavy atom. The fourth-order valence-corrected chi connectivity index (χ4v) is 2.92. The fourth-order valence-electron chi connectivity index (χ4n) is 2.46. The summed E-state index contributed by atoms with van der Waals surface area (Å²) in [6.07, 6.45) is 0.534. The van der Waals surface area contributed by atoms with E-state index in [2.05, 4.69) is 4.98 Å². The molecule has 3 aromatic rings. The Labute approximate surface area is 154 Å². The molecule has 1 heterocycles. The normalized spacial score (nSPS) is 12.3. The zero-order valence-electron chi connectivity index (χ0n) is 13.4. The van der Waals surface area contributed by atoms with Gasteiger partial charge in [-0.15, -0.1) is 0 Å². The van der Waals surface area contributed by atoms with Gasteiger partial charge in [-0.1, -0.05) is 34.8 Å². The van der Waals surface area contributed by atoms with Crippen molar-refractivity contribution in [2.24, 2.45) is 0 Å². The highest BCUT2D eigenvalue weighted by atomic mass is 35.5. The molecule has 0 saturated carbocycles. The number of aliphatic hydroxyl groups excluding tert-OH is 1. The van der Waals surface area contributed by atoms with E-state index in [0.29, 0.717) is 26.7 Å². The molecule has 7 heteroatoms. The molecular formula is C18H16Cl2N2O3. The van der Waals surface area contributed by atoms with E-state index in [-0.39, 0.29) is 18.7 Å². The summed E-state index contributed by atoms with van der Waals surface area (Å²) in [5, 5.41) is 11.6. The lowest BCUT2D eigenvalue weighted by atomic mass is 10.2. The van der Waals surface area contributed by atoms with Crippen molar-refractivity contribution >= 4 is 34.1 Å². The summed E-state index contributed by atoms with van der Waals surface area (Å²) in [6, 6.07) is 10.3. The molecule has 0 bridgehead atoms. The van der Waals surface area contributed by atoms with Crippen LogP contribution in [-0.4, -0.2) is 27.4 Å². The van der Waals surface area contributed by atoms with Crippen LogP contribution in [0.25, 0.3) is 10.9 Å². The SMILES string of the molecule is Cc1ccc2ncn(CC(O)COc3ccc(Cl)cc3Cl)c(=O)c2c1. The van der Waals surface area contributed by atoms with Gasteiger partial charge in [0.1, 0.15) is 18.5 Å². The van der Waals surface area contributed by atoms with Crippen molar-refractivity contribution in [3.8, 4) is 5.75 Å². The zero-order valence-corrected chi connectivity index (χ0v) is 15.0. The summed E-state index contributed by atoms with van der Waals surface area (Å²) >= 11 is 11.9. The standard InChI is InChI=1S/C18H16Cl2N2O3/c1-11-2-4-16-14(6-11)18(24)22(10-21-16)8-13(23)9-25-17-5-3-12(19)7-15(17)20/h2-7,10,13,23H,8-9H2,1H3. The average molecular weight is 379 g/mol. The summed E-state index contributed by atoms with van der Waals surface area (Å²) in [5.74, 6) is 0.421. The van der Waals surface area contributed by atoms with Gasteiger partial charge in [0.05, 0.1) is 28.8 Å². The molecule has 0 radical (unpaired) electrons. The van der Waals surface area contributed by atoms with E-state index in [1.54, 1.807) is 30.3 Å². The molecular weight excluding hydrogens is 363 g/mol. The van der Waals surface area contributed by atoms with E-state index in [1.807, 2.05) is 13.0 Å². The average Bonchev–Trinajstić information content (AvgIpc) is 2.57. The molecule has 130 valence electrons. The molecule has 0 aliphatic heterocycles. The number of benzene rings is 2. The van der Waals surface area contributed by atoms with Gasteiger partial charge in [-0.3, -0.25) is 9.36 Å². The Morgan fingerprint density at radius 2 is 2.04 bits per heavy atom. The number of aromatic nitrogens is 2. The van der Waals surface area contributed by atoms with Crippen molar-refractivity contribution in [1.82, 2.24) is 9.55 Å². The molecule has 1 aromatic heterocycles. The molecule has 1 atom stereocenters. The van der Waals surface area contributed by atoms with Crippen LogP contribution in [0.4, 0.5) is 0 Å². The van der Waals surface area contributed by atoms with Crippen LogP contribution < -0.4 is 10.3 Å². The van der Waals surface area contributed by atoms with Gasteiger partial charge in [0.15, 0.2) is 0 Å². The van der Waals surface area contributed by atoms with Crippen LogP contribution in [0.3, 0.4) is 0 Å². The molecule has 2 aromatic carbocycles. The van der Waals surface area contributed by atoms with E-state index in [1.165, 1.54) is 10.9 Å². The van der Waals surface area contributed by atoms with Crippen LogP contribution in [0.2, 0.25) is 10.0 Å². The fraction of sp³-hybridized carbons (Fsp3) is 0.222. The largest absolute Gasteiger partial charge is 0.489 e. The Hall–Kier alpha value is -2.08. The number of fused-ring (bicyclic) bond motifs is 1. The summed E-state index contributed by atoms with van der Waals surface area (Å²) in [4.78, 5) is 16.8. The molecule has 1 unspecified atom stereocenters. The quantitative estimate of drug-likeness (QED) is 0.738. The van der Waals surface area contributed by atoms with Gasteiger partial charge in [-0.2, -0.15) is 0 Å². The third-order valence-corrected chi connectivity index (χ3v) is 4.24. The lowest BCUT2D eigenvalue weighted by molar-refractivity contribution is 0.0915. The van der Waals surface area contributed by atoms with Gasteiger partial charge in [-0.05, 0) is 37.3 Å².